The van der Waals surface area contributed by atoms with Crippen LogP contribution < -0.4 is 5.32 Å². The minimum atomic E-state index is 0.106. The van der Waals surface area contributed by atoms with Crippen molar-refractivity contribution in [2.45, 2.75) is 19.3 Å². The molecule has 0 atom stereocenters. The molecule has 0 radical (unpaired) electrons. The predicted molar refractivity (Wildman–Crippen MR) is 58.9 cm³/mol. The Morgan fingerprint density at radius 3 is 2.67 bits per heavy atom. The van der Waals surface area contributed by atoms with E-state index in [0.29, 0.717) is 13.2 Å². The quantitative estimate of drug-likeness (QED) is 0.492. The minimum absolute atomic E-state index is 0.106. The molecule has 15 heavy (non-hydrogen) atoms. The van der Waals surface area contributed by atoms with Gasteiger partial charge in [0, 0.05) is 19.8 Å². The second-order valence-corrected chi connectivity index (χ2v) is 3.96. The Labute approximate surface area is 92.0 Å². The van der Waals surface area contributed by atoms with Crippen molar-refractivity contribution in [2.24, 2.45) is 5.92 Å². The van der Waals surface area contributed by atoms with Gasteiger partial charge in [-0.1, -0.05) is 0 Å². The van der Waals surface area contributed by atoms with Crippen LogP contribution in [-0.4, -0.2) is 51.2 Å². The van der Waals surface area contributed by atoms with Crippen molar-refractivity contribution in [3.8, 4) is 0 Å². The summed E-state index contributed by atoms with van der Waals surface area (Å²) in [5.74, 6) is 0.866. The van der Waals surface area contributed by atoms with Crippen LogP contribution >= 0.6 is 0 Å². The molecule has 0 aromatic carbocycles. The highest BCUT2D eigenvalue weighted by molar-refractivity contribution is 4.71. The van der Waals surface area contributed by atoms with Crippen LogP contribution in [0.25, 0.3) is 0 Å². The monoisotopic (exact) mass is 217 g/mol. The standard InChI is InChI=1S/C11H23NO3/c13-6-9-14-8-5-12-4-1-7-15-10-11-2-3-11/h11-13H,1-10H2. The van der Waals surface area contributed by atoms with Gasteiger partial charge in [-0.15, -0.1) is 0 Å². The first-order valence-electron chi connectivity index (χ1n) is 5.90. The van der Waals surface area contributed by atoms with Gasteiger partial charge in [-0.2, -0.15) is 0 Å². The Bertz CT molecular complexity index is 140. The minimum Gasteiger partial charge on any atom is -0.394 e. The smallest absolute Gasteiger partial charge is 0.0698 e. The van der Waals surface area contributed by atoms with Crippen LogP contribution in [0, 0.1) is 5.92 Å². The Morgan fingerprint density at radius 1 is 1.07 bits per heavy atom. The molecule has 0 amide bonds. The van der Waals surface area contributed by atoms with Gasteiger partial charge in [0.1, 0.15) is 0 Å². The van der Waals surface area contributed by atoms with E-state index in [-0.39, 0.29) is 6.61 Å². The lowest BCUT2D eigenvalue weighted by molar-refractivity contribution is 0.0926. The number of hydrogen-bond donors (Lipinski definition) is 2. The molecule has 0 unspecified atom stereocenters. The molecule has 90 valence electrons. The zero-order valence-electron chi connectivity index (χ0n) is 9.41. The van der Waals surface area contributed by atoms with Crippen LogP contribution in [0.3, 0.4) is 0 Å². The summed E-state index contributed by atoms with van der Waals surface area (Å²) in [5.41, 5.74) is 0. The van der Waals surface area contributed by atoms with Gasteiger partial charge in [-0.3, -0.25) is 0 Å². The highest BCUT2D eigenvalue weighted by Crippen LogP contribution is 2.28. The van der Waals surface area contributed by atoms with Crippen molar-refractivity contribution in [2.75, 3.05) is 46.1 Å². The summed E-state index contributed by atoms with van der Waals surface area (Å²) >= 11 is 0. The maximum absolute atomic E-state index is 8.45. The van der Waals surface area contributed by atoms with Crippen molar-refractivity contribution in [3.05, 3.63) is 0 Å². The van der Waals surface area contributed by atoms with Gasteiger partial charge < -0.3 is 19.9 Å². The van der Waals surface area contributed by atoms with Gasteiger partial charge in [-0.25, -0.2) is 0 Å². The summed E-state index contributed by atoms with van der Waals surface area (Å²) in [7, 11) is 0. The van der Waals surface area contributed by atoms with Gasteiger partial charge >= 0.3 is 0 Å². The van der Waals surface area contributed by atoms with E-state index in [1.807, 2.05) is 0 Å². The number of aliphatic hydroxyl groups excluding tert-OH is 1. The van der Waals surface area contributed by atoms with E-state index in [1.165, 1.54) is 12.8 Å². The lowest BCUT2D eigenvalue weighted by Gasteiger charge is -2.05. The van der Waals surface area contributed by atoms with Gasteiger partial charge in [-0.05, 0) is 31.7 Å². The number of hydrogen-bond acceptors (Lipinski definition) is 4. The zero-order valence-corrected chi connectivity index (χ0v) is 9.41. The van der Waals surface area contributed by atoms with Crippen molar-refractivity contribution in [1.82, 2.24) is 5.32 Å². The average molecular weight is 217 g/mol. The molecule has 4 heteroatoms. The Balaban J connectivity index is 1.62. The van der Waals surface area contributed by atoms with E-state index in [1.54, 1.807) is 0 Å². The Hall–Kier alpha value is -0.160. The fraction of sp³-hybridized carbons (Fsp3) is 1.00. The summed E-state index contributed by atoms with van der Waals surface area (Å²) in [4.78, 5) is 0. The molecular formula is C11H23NO3. The molecule has 2 N–H and O–H groups in total. The van der Waals surface area contributed by atoms with E-state index >= 15 is 0 Å². The number of ether oxygens (including phenoxy) is 2. The normalized spacial score (nSPS) is 15.8. The highest BCUT2D eigenvalue weighted by Gasteiger charge is 2.20. The fourth-order valence-corrected chi connectivity index (χ4v) is 1.27. The summed E-state index contributed by atoms with van der Waals surface area (Å²) in [6, 6.07) is 0. The maximum atomic E-state index is 8.45. The van der Waals surface area contributed by atoms with Gasteiger partial charge in [0.25, 0.3) is 0 Å². The molecule has 0 aliphatic heterocycles. The van der Waals surface area contributed by atoms with Gasteiger partial charge in [0.2, 0.25) is 0 Å². The maximum Gasteiger partial charge on any atom is 0.0698 e. The molecule has 0 aromatic rings. The molecular weight excluding hydrogens is 194 g/mol. The molecule has 0 bridgehead atoms. The third kappa shape index (κ3) is 8.81. The van der Waals surface area contributed by atoms with Crippen molar-refractivity contribution in [3.63, 3.8) is 0 Å². The second kappa shape index (κ2) is 9.09. The third-order valence-electron chi connectivity index (χ3n) is 2.35. The Kier molecular flexibility index (Phi) is 7.83. The molecule has 4 nitrogen and oxygen atoms in total. The molecule has 0 aromatic heterocycles. The number of nitrogens with one attached hydrogen (secondary N) is 1. The van der Waals surface area contributed by atoms with Crippen LogP contribution in [-0.2, 0) is 9.47 Å². The third-order valence-corrected chi connectivity index (χ3v) is 2.35. The van der Waals surface area contributed by atoms with Crippen molar-refractivity contribution >= 4 is 0 Å². The van der Waals surface area contributed by atoms with E-state index in [9.17, 15) is 0 Å². The molecule has 1 fully saturated rings. The van der Waals surface area contributed by atoms with Gasteiger partial charge in [0.05, 0.1) is 19.8 Å². The molecule has 1 aliphatic rings. The highest BCUT2D eigenvalue weighted by atomic mass is 16.5. The van der Waals surface area contributed by atoms with Crippen LogP contribution in [0.15, 0.2) is 0 Å². The van der Waals surface area contributed by atoms with E-state index in [4.69, 9.17) is 14.6 Å². The molecule has 1 rings (SSSR count). The van der Waals surface area contributed by atoms with Gasteiger partial charge in [0.15, 0.2) is 0 Å². The predicted octanol–water partition coefficient (Wildman–Crippen LogP) is 0.402. The van der Waals surface area contributed by atoms with Crippen LogP contribution in [0.2, 0.25) is 0 Å². The number of rotatable bonds is 11. The summed E-state index contributed by atoms with van der Waals surface area (Å²) < 4.78 is 10.6. The summed E-state index contributed by atoms with van der Waals surface area (Å²) in [6.45, 7) is 4.86. The van der Waals surface area contributed by atoms with Crippen molar-refractivity contribution in [1.29, 1.82) is 0 Å². The summed E-state index contributed by atoms with van der Waals surface area (Å²) in [6.07, 6.45) is 3.79. The van der Waals surface area contributed by atoms with Crippen LogP contribution in [0.5, 0.6) is 0 Å². The first-order chi connectivity index (χ1) is 7.43. The van der Waals surface area contributed by atoms with E-state index in [2.05, 4.69) is 5.32 Å². The fourth-order valence-electron chi connectivity index (χ4n) is 1.27. The van der Waals surface area contributed by atoms with Crippen LogP contribution in [0.4, 0.5) is 0 Å². The molecule has 0 saturated heterocycles. The van der Waals surface area contributed by atoms with E-state index < -0.39 is 0 Å². The average Bonchev–Trinajstić information content (AvgIpc) is 3.05. The van der Waals surface area contributed by atoms with E-state index in [0.717, 1.165) is 38.6 Å². The Morgan fingerprint density at radius 2 is 1.93 bits per heavy atom. The number of aliphatic hydroxyl groups is 1. The SMILES string of the molecule is OCCOCCNCCCOCC1CC1. The first-order valence-corrected chi connectivity index (χ1v) is 5.90. The largest absolute Gasteiger partial charge is 0.394 e. The molecule has 1 saturated carbocycles. The zero-order chi connectivity index (χ0) is 10.8. The summed E-state index contributed by atoms with van der Waals surface area (Å²) in [5, 5.41) is 11.7. The molecule has 0 spiro atoms. The lowest BCUT2D eigenvalue weighted by Crippen LogP contribution is -2.22. The second-order valence-electron chi connectivity index (χ2n) is 3.96. The molecule has 1 aliphatic carbocycles. The molecule has 0 heterocycles. The first kappa shape index (κ1) is 12.9. The lowest BCUT2D eigenvalue weighted by atomic mass is 10.4. The van der Waals surface area contributed by atoms with Crippen LogP contribution in [0.1, 0.15) is 19.3 Å². The van der Waals surface area contributed by atoms with Crippen molar-refractivity contribution < 1.29 is 14.6 Å². The topological polar surface area (TPSA) is 50.7 Å².